The highest BCUT2D eigenvalue weighted by molar-refractivity contribution is 6.44. The first-order chi connectivity index (χ1) is 8.13. The number of carbonyl (C=O) groups is 1. The van der Waals surface area contributed by atoms with E-state index in [1.807, 2.05) is 0 Å². The lowest BCUT2D eigenvalue weighted by Gasteiger charge is -2.01. The molecule has 0 saturated heterocycles. The lowest BCUT2D eigenvalue weighted by Crippen LogP contribution is -2.04. The summed E-state index contributed by atoms with van der Waals surface area (Å²) in [6.45, 7) is 3.53. The van der Waals surface area contributed by atoms with Crippen molar-refractivity contribution in [2.75, 3.05) is 0 Å². The molecule has 0 aliphatic carbocycles. The van der Waals surface area contributed by atoms with E-state index in [4.69, 9.17) is 23.2 Å². The number of hydrogen-bond donors (Lipinski definition) is 0. The monoisotopic (exact) mass is 267 g/mol. The average molecular weight is 268 g/mol. The summed E-state index contributed by atoms with van der Waals surface area (Å²) in [5.41, 5.74) is 0.490. The maximum atomic E-state index is 12.1. The van der Waals surface area contributed by atoms with Crippen LogP contribution in [0.5, 0.6) is 0 Å². The molecule has 2 aromatic heterocycles. The van der Waals surface area contributed by atoms with Crippen molar-refractivity contribution in [2.24, 2.45) is 0 Å². The van der Waals surface area contributed by atoms with Crippen LogP contribution in [0.1, 0.15) is 16.1 Å². The molecule has 0 saturated carbocycles. The molecule has 2 heterocycles. The molecule has 0 radical (unpaired) electrons. The van der Waals surface area contributed by atoms with Crippen LogP contribution in [0.2, 0.25) is 10.0 Å². The van der Waals surface area contributed by atoms with E-state index in [9.17, 15) is 4.79 Å². The number of ketones is 1. The molecule has 17 heavy (non-hydrogen) atoms. The van der Waals surface area contributed by atoms with E-state index < -0.39 is 0 Å². The molecule has 86 valence electrons. The van der Waals surface area contributed by atoms with Crippen molar-refractivity contribution in [3.05, 3.63) is 52.5 Å². The first-order valence-electron chi connectivity index (χ1n) is 4.65. The molecule has 0 aromatic carbocycles. The summed E-state index contributed by atoms with van der Waals surface area (Å²) >= 11 is 11.7. The Kier molecular flexibility index (Phi) is 3.26. The van der Waals surface area contributed by atoms with Gasteiger partial charge in [-0.15, -0.1) is 0 Å². The standard InChI is InChI=1S/C11H7Cl2N3O/c1-2-16-6-7(5-15-16)11(17)10-9(13)8(12)3-4-14-10/h2-6H,1H2. The maximum Gasteiger partial charge on any atom is 0.216 e. The van der Waals surface area contributed by atoms with Crippen molar-refractivity contribution in [3.8, 4) is 0 Å². The third kappa shape index (κ3) is 2.23. The second kappa shape index (κ2) is 4.69. The van der Waals surface area contributed by atoms with Crippen molar-refractivity contribution < 1.29 is 4.79 Å². The molecule has 0 unspecified atom stereocenters. The number of nitrogens with zero attached hydrogens (tertiary/aromatic N) is 3. The first kappa shape index (κ1) is 11.8. The van der Waals surface area contributed by atoms with Crippen LogP contribution in [-0.2, 0) is 0 Å². The molecule has 0 N–H and O–H groups in total. The SMILES string of the molecule is C=Cn1cc(C(=O)c2nccc(Cl)c2Cl)cn1. The van der Waals surface area contributed by atoms with Gasteiger partial charge in [0.25, 0.3) is 0 Å². The Labute approximate surface area is 107 Å². The zero-order valence-electron chi connectivity index (χ0n) is 8.60. The fraction of sp³-hybridized carbons (Fsp3) is 0. The number of aromatic nitrogens is 3. The summed E-state index contributed by atoms with van der Waals surface area (Å²) < 4.78 is 1.42. The molecule has 2 aromatic rings. The molecule has 0 bridgehead atoms. The molecular formula is C11H7Cl2N3O. The quantitative estimate of drug-likeness (QED) is 0.804. The predicted octanol–water partition coefficient (Wildman–Crippen LogP) is 2.92. The fourth-order valence-corrected chi connectivity index (χ4v) is 1.61. The van der Waals surface area contributed by atoms with E-state index in [0.717, 1.165) is 0 Å². The molecule has 2 rings (SSSR count). The van der Waals surface area contributed by atoms with Crippen LogP contribution in [0, 0.1) is 0 Å². The molecule has 6 heteroatoms. The highest BCUT2D eigenvalue weighted by Crippen LogP contribution is 2.25. The van der Waals surface area contributed by atoms with Gasteiger partial charge in [0.2, 0.25) is 5.78 Å². The lowest BCUT2D eigenvalue weighted by molar-refractivity contribution is 0.103. The van der Waals surface area contributed by atoms with Crippen LogP contribution in [0.15, 0.2) is 31.2 Å². The topological polar surface area (TPSA) is 47.8 Å². The third-order valence-corrected chi connectivity index (χ3v) is 2.90. The molecule has 4 nitrogen and oxygen atoms in total. The van der Waals surface area contributed by atoms with E-state index in [0.29, 0.717) is 10.6 Å². The van der Waals surface area contributed by atoms with Gasteiger partial charge in [0.05, 0.1) is 21.8 Å². The van der Waals surface area contributed by atoms with E-state index in [1.54, 1.807) is 0 Å². The van der Waals surface area contributed by atoms with E-state index >= 15 is 0 Å². The Morgan fingerprint density at radius 1 is 1.47 bits per heavy atom. The summed E-state index contributed by atoms with van der Waals surface area (Å²) in [5.74, 6) is -0.328. The van der Waals surface area contributed by atoms with E-state index in [1.165, 1.54) is 35.5 Å². The molecular weight excluding hydrogens is 261 g/mol. The Bertz CT molecular complexity index is 592. The highest BCUT2D eigenvalue weighted by Gasteiger charge is 2.17. The summed E-state index contributed by atoms with van der Waals surface area (Å²) in [6, 6.07) is 1.52. The Balaban J connectivity index is 2.43. The zero-order valence-corrected chi connectivity index (χ0v) is 10.1. The van der Waals surface area contributed by atoms with Gasteiger partial charge in [-0.1, -0.05) is 29.8 Å². The summed E-state index contributed by atoms with van der Waals surface area (Å²) in [4.78, 5) is 16.0. The van der Waals surface area contributed by atoms with Crippen molar-refractivity contribution in [1.82, 2.24) is 14.8 Å². The average Bonchev–Trinajstić information content (AvgIpc) is 2.80. The second-order valence-corrected chi connectivity index (χ2v) is 3.96. The zero-order chi connectivity index (χ0) is 12.4. The van der Waals surface area contributed by atoms with Gasteiger partial charge in [-0.05, 0) is 6.07 Å². The number of halogens is 2. The van der Waals surface area contributed by atoms with Crippen LogP contribution < -0.4 is 0 Å². The molecule has 0 amide bonds. The summed E-state index contributed by atoms with van der Waals surface area (Å²) in [7, 11) is 0. The number of rotatable bonds is 3. The predicted molar refractivity (Wildman–Crippen MR) is 66.3 cm³/mol. The minimum absolute atomic E-state index is 0.114. The van der Waals surface area contributed by atoms with Gasteiger partial charge in [-0.2, -0.15) is 5.10 Å². The van der Waals surface area contributed by atoms with Gasteiger partial charge in [0.15, 0.2) is 0 Å². The van der Waals surface area contributed by atoms with Gasteiger partial charge in [0, 0.05) is 18.6 Å². The molecule has 0 aliphatic rings. The van der Waals surface area contributed by atoms with Crippen LogP contribution >= 0.6 is 23.2 Å². The molecule has 0 atom stereocenters. The highest BCUT2D eigenvalue weighted by atomic mass is 35.5. The maximum absolute atomic E-state index is 12.1. The number of hydrogen-bond acceptors (Lipinski definition) is 3. The van der Waals surface area contributed by atoms with Gasteiger partial charge in [-0.25, -0.2) is 4.68 Å². The Morgan fingerprint density at radius 2 is 2.24 bits per heavy atom. The van der Waals surface area contributed by atoms with Crippen LogP contribution in [0.4, 0.5) is 0 Å². The fourth-order valence-electron chi connectivity index (χ4n) is 1.27. The smallest absolute Gasteiger partial charge is 0.216 e. The Morgan fingerprint density at radius 3 is 2.88 bits per heavy atom. The summed E-state index contributed by atoms with van der Waals surface area (Å²) in [6.07, 6.45) is 5.86. The van der Waals surface area contributed by atoms with Gasteiger partial charge in [-0.3, -0.25) is 9.78 Å². The summed E-state index contributed by atoms with van der Waals surface area (Å²) in [5, 5.41) is 4.34. The minimum atomic E-state index is -0.328. The van der Waals surface area contributed by atoms with Crippen LogP contribution in [0.25, 0.3) is 6.20 Å². The number of carbonyl (C=O) groups excluding carboxylic acids is 1. The number of pyridine rings is 1. The molecule has 0 aliphatic heterocycles. The third-order valence-electron chi connectivity index (χ3n) is 2.11. The Hall–Kier alpha value is -1.65. The van der Waals surface area contributed by atoms with E-state index in [2.05, 4.69) is 16.7 Å². The van der Waals surface area contributed by atoms with Crippen LogP contribution in [0.3, 0.4) is 0 Å². The van der Waals surface area contributed by atoms with Crippen molar-refractivity contribution in [2.45, 2.75) is 0 Å². The van der Waals surface area contributed by atoms with Crippen molar-refractivity contribution >= 4 is 35.2 Å². The largest absolute Gasteiger partial charge is 0.287 e. The van der Waals surface area contributed by atoms with Crippen molar-refractivity contribution in [3.63, 3.8) is 0 Å². The molecule has 0 fully saturated rings. The van der Waals surface area contributed by atoms with Crippen LogP contribution in [-0.4, -0.2) is 20.5 Å². The lowest BCUT2D eigenvalue weighted by atomic mass is 10.1. The minimum Gasteiger partial charge on any atom is -0.287 e. The van der Waals surface area contributed by atoms with E-state index in [-0.39, 0.29) is 16.5 Å². The second-order valence-electron chi connectivity index (χ2n) is 3.18. The van der Waals surface area contributed by atoms with Crippen molar-refractivity contribution in [1.29, 1.82) is 0 Å². The van der Waals surface area contributed by atoms with Gasteiger partial charge >= 0.3 is 0 Å². The van der Waals surface area contributed by atoms with Gasteiger partial charge < -0.3 is 0 Å². The normalized spacial score (nSPS) is 10.2. The first-order valence-corrected chi connectivity index (χ1v) is 5.40. The van der Waals surface area contributed by atoms with Gasteiger partial charge in [0.1, 0.15) is 5.69 Å². The molecule has 0 spiro atoms.